The van der Waals surface area contributed by atoms with E-state index < -0.39 is 0 Å². The molecule has 3 heterocycles. The van der Waals surface area contributed by atoms with Crippen molar-refractivity contribution < 1.29 is 9.53 Å². The molecule has 126 valence electrons. The Hall–Kier alpha value is -0.810. The van der Waals surface area contributed by atoms with Crippen molar-refractivity contribution >= 4 is 6.09 Å². The summed E-state index contributed by atoms with van der Waals surface area (Å²) in [6, 6.07) is 0. The van der Waals surface area contributed by atoms with Gasteiger partial charge in [0.05, 0.1) is 0 Å². The van der Waals surface area contributed by atoms with E-state index in [1.807, 2.05) is 25.7 Å². The molecule has 5 nitrogen and oxygen atoms in total. The predicted octanol–water partition coefficient (Wildman–Crippen LogP) is 2.02. The Balaban J connectivity index is 1.32. The molecular formula is C17H31N3O2. The molecule has 3 aliphatic rings. The second-order valence-corrected chi connectivity index (χ2v) is 8.45. The predicted molar refractivity (Wildman–Crippen MR) is 87.0 cm³/mol. The number of ether oxygens (including phenoxy) is 1. The Labute approximate surface area is 134 Å². The number of piperidine rings is 1. The van der Waals surface area contributed by atoms with E-state index in [-0.39, 0.29) is 11.7 Å². The number of carbonyl (C=O) groups excluding carboxylic acids is 1. The average Bonchev–Trinajstić information content (AvgIpc) is 2.34. The molecule has 5 heteroatoms. The van der Waals surface area contributed by atoms with Crippen molar-refractivity contribution in [3.05, 3.63) is 0 Å². The molecule has 1 amide bonds. The summed E-state index contributed by atoms with van der Waals surface area (Å²) < 4.78 is 5.42. The van der Waals surface area contributed by atoms with Gasteiger partial charge in [-0.2, -0.15) is 0 Å². The van der Waals surface area contributed by atoms with Crippen LogP contribution in [0.1, 0.15) is 40.0 Å². The van der Waals surface area contributed by atoms with Gasteiger partial charge in [0.1, 0.15) is 5.60 Å². The van der Waals surface area contributed by atoms with Gasteiger partial charge in [0, 0.05) is 44.7 Å². The van der Waals surface area contributed by atoms with E-state index in [1.54, 1.807) is 0 Å². The lowest BCUT2D eigenvalue weighted by Crippen LogP contribution is -2.73. The van der Waals surface area contributed by atoms with Crippen LogP contribution in [0.5, 0.6) is 0 Å². The first-order valence-electron chi connectivity index (χ1n) is 8.78. The fourth-order valence-electron chi connectivity index (χ4n) is 3.95. The number of rotatable bonds is 3. The molecule has 0 unspecified atom stereocenters. The van der Waals surface area contributed by atoms with Gasteiger partial charge in [-0.15, -0.1) is 0 Å². The summed E-state index contributed by atoms with van der Waals surface area (Å²) in [5.74, 6) is 0. The van der Waals surface area contributed by atoms with Gasteiger partial charge in [0.15, 0.2) is 0 Å². The monoisotopic (exact) mass is 309 g/mol. The van der Waals surface area contributed by atoms with E-state index in [9.17, 15) is 4.79 Å². The summed E-state index contributed by atoms with van der Waals surface area (Å²) in [5, 5.41) is 0. The molecule has 3 rings (SSSR count). The van der Waals surface area contributed by atoms with Crippen molar-refractivity contribution in [1.82, 2.24) is 14.7 Å². The highest BCUT2D eigenvalue weighted by molar-refractivity contribution is 5.69. The van der Waals surface area contributed by atoms with Crippen LogP contribution in [0.4, 0.5) is 4.79 Å². The third-order valence-electron chi connectivity index (χ3n) is 5.00. The average molecular weight is 309 g/mol. The van der Waals surface area contributed by atoms with Gasteiger partial charge < -0.3 is 19.4 Å². The number of hydrogen-bond acceptors (Lipinski definition) is 4. The van der Waals surface area contributed by atoms with Crippen molar-refractivity contribution in [2.75, 3.05) is 52.4 Å². The zero-order valence-electron chi connectivity index (χ0n) is 14.4. The summed E-state index contributed by atoms with van der Waals surface area (Å²) in [6.07, 6.45) is 4.00. The topological polar surface area (TPSA) is 36.0 Å². The summed E-state index contributed by atoms with van der Waals surface area (Å²) in [5.41, 5.74) is -0.0151. The van der Waals surface area contributed by atoms with Crippen LogP contribution in [0.2, 0.25) is 0 Å². The minimum absolute atomic E-state index is 0.148. The second-order valence-electron chi connectivity index (χ2n) is 8.45. The fourth-order valence-corrected chi connectivity index (χ4v) is 3.95. The van der Waals surface area contributed by atoms with E-state index >= 15 is 0 Å². The minimum Gasteiger partial charge on any atom is -0.444 e. The van der Waals surface area contributed by atoms with Gasteiger partial charge in [-0.25, -0.2) is 4.79 Å². The summed E-state index contributed by atoms with van der Waals surface area (Å²) >= 11 is 0. The molecule has 0 aromatic rings. The van der Waals surface area contributed by atoms with E-state index in [1.165, 1.54) is 45.4 Å². The van der Waals surface area contributed by atoms with Crippen molar-refractivity contribution in [2.24, 2.45) is 5.41 Å². The van der Waals surface area contributed by atoms with Gasteiger partial charge in [-0.1, -0.05) is 6.42 Å². The molecule has 3 fully saturated rings. The Morgan fingerprint density at radius 1 is 0.955 bits per heavy atom. The Morgan fingerprint density at radius 3 is 2.14 bits per heavy atom. The molecule has 22 heavy (non-hydrogen) atoms. The largest absolute Gasteiger partial charge is 0.444 e. The maximum atomic E-state index is 12.0. The molecule has 0 saturated carbocycles. The zero-order chi connectivity index (χ0) is 15.8. The molecular weight excluding hydrogens is 278 g/mol. The van der Waals surface area contributed by atoms with Crippen LogP contribution < -0.4 is 0 Å². The molecule has 0 radical (unpaired) electrons. The molecule has 0 bridgehead atoms. The Bertz CT molecular complexity index is 399. The molecule has 0 N–H and O–H groups in total. The van der Waals surface area contributed by atoms with Crippen LogP contribution in [0.3, 0.4) is 0 Å². The molecule has 1 spiro atoms. The fraction of sp³-hybridized carbons (Fsp3) is 0.941. The first-order valence-corrected chi connectivity index (χ1v) is 8.78. The third kappa shape index (κ3) is 3.74. The summed E-state index contributed by atoms with van der Waals surface area (Å²) in [6.45, 7) is 14.8. The normalized spacial score (nSPS) is 25.7. The van der Waals surface area contributed by atoms with E-state index in [0.717, 1.165) is 26.2 Å². The highest BCUT2D eigenvalue weighted by atomic mass is 16.6. The van der Waals surface area contributed by atoms with Crippen LogP contribution in [0.15, 0.2) is 0 Å². The maximum absolute atomic E-state index is 12.0. The lowest BCUT2D eigenvalue weighted by Gasteiger charge is -2.60. The van der Waals surface area contributed by atoms with Crippen molar-refractivity contribution in [1.29, 1.82) is 0 Å². The summed E-state index contributed by atoms with van der Waals surface area (Å²) in [7, 11) is 0. The van der Waals surface area contributed by atoms with Gasteiger partial charge in [-0.3, -0.25) is 0 Å². The first kappa shape index (κ1) is 16.1. The number of amides is 1. The number of hydrogen-bond donors (Lipinski definition) is 0. The van der Waals surface area contributed by atoms with Crippen LogP contribution >= 0.6 is 0 Å². The molecule has 3 aliphatic heterocycles. The van der Waals surface area contributed by atoms with E-state index in [2.05, 4.69) is 9.80 Å². The maximum Gasteiger partial charge on any atom is 0.410 e. The smallest absolute Gasteiger partial charge is 0.410 e. The van der Waals surface area contributed by atoms with E-state index in [0.29, 0.717) is 5.41 Å². The van der Waals surface area contributed by atoms with Crippen LogP contribution in [-0.2, 0) is 4.74 Å². The lowest BCUT2D eigenvalue weighted by atomic mass is 9.73. The second kappa shape index (κ2) is 6.00. The van der Waals surface area contributed by atoms with Crippen molar-refractivity contribution in [3.63, 3.8) is 0 Å². The molecule has 0 aromatic heterocycles. The Morgan fingerprint density at radius 2 is 1.55 bits per heavy atom. The molecule has 0 aliphatic carbocycles. The highest BCUT2D eigenvalue weighted by Crippen LogP contribution is 2.39. The van der Waals surface area contributed by atoms with Gasteiger partial charge in [0.25, 0.3) is 0 Å². The number of likely N-dealkylation sites (tertiary alicyclic amines) is 3. The first-order chi connectivity index (χ1) is 10.4. The summed E-state index contributed by atoms with van der Waals surface area (Å²) in [4.78, 5) is 19.0. The van der Waals surface area contributed by atoms with Crippen molar-refractivity contribution in [2.45, 2.75) is 45.6 Å². The molecule has 0 atom stereocenters. The quantitative estimate of drug-likeness (QED) is 0.799. The van der Waals surface area contributed by atoms with E-state index in [4.69, 9.17) is 4.74 Å². The van der Waals surface area contributed by atoms with Crippen LogP contribution in [0, 0.1) is 5.41 Å². The number of carbonyl (C=O) groups is 1. The van der Waals surface area contributed by atoms with Crippen molar-refractivity contribution in [3.8, 4) is 0 Å². The van der Waals surface area contributed by atoms with Gasteiger partial charge in [-0.05, 0) is 46.7 Å². The SMILES string of the molecule is CC(C)(C)OC(=O)N1CC2(CN(CCN3CCCCC3)C2)C1. The van der Waals surface area contributed by atoms with Gasteiger partial charge in [0.2, 0.25) is 0 Å². The standard InChI is InChI=1S/C17H31N3O2/c1-16(2,3)22-15(21)20-13-17(14-20)11-19(12-17)10-9-18-7-5-4-6-8-18/h4-14H2,1-3H3. The number of nitrogens with zero attached hydrogens (tertiary/aromatic N) is 3. The zero-order valence-corrected chi connectivity index (χ0v) is 14.4. The Kier molecular flexibility index (Phi) is 4.38. The lowest BCUT2D eigenvalue weighted by molar-refractivity contribution is -0.113. The molecule has 0 aromatic carbocycles. The van der Waals surface area contributed by atoms with Crippen LogP contribution in [0.25, 0.3) is 0 Å². The highest BCUT2D eigenvalue weighted by Gasteiger charge is 2.53. The van der Waals surface area contributed by atoms with Crippen LogP contribution in [-0.4, -0.2) is 78.8 Å². The third-order valence-corrected chi connectivity index (χ3v) is 5.00. The molecule has 3 saturated heterocycles. The minimum atomic E-state index is -0.389. The van der Waals surface area contributed by atoms with Gasteiger partial charge >= 0.3 is 6.09 Å².